The van der Waals surface area contributed by atoms with Crippen molar-refractivity contribution >= 4 is 11.8 Å². The van der Waals surface area contributed by atoms with Gasteiger partial charge in [-0.25, -0.2) is 4.79 Å². The van der Waals surface area contributed by atoms with E-state index in [-0.39, 0.29) is 6.61 Å². The average molecular weight is 282 g/mol. The number of carbonyl (C=O) groups excluding carboxylic acids is 1. The Labute approximate surface area is 105 Å². The van der Waals surface area contributed by atoms with Crippen molar-refractivity contribution in [3.8, 4) is 0 Å². The van der Waals surface area contributed by atoms with Crippen molar-refractivity contribution in [2.24, 2.45) is 0 Å². The lowest BCUT2D eigenvalue weighted by molar-refractivity contribution is -0.289. The van der Waals surface area contributed by atoms with Crippen LogP contribution in [0.1, 0.15) is 5.56 Å². The van der Waals surface area contributed by atoms with Gasteiger partial charge < -0.3 is 4.74 Å². The lowest BCUT2D eigenvalue weighted by Crippen LogP contribution is -2.34. The van der Waals surface area contributed by atoms with Crippen LogP contribution in [0.2, 0.25) is 0 Å². The Morgan fingerprint density at radius 1 is 1.21 bits per heavy atom. The van der Waals surface area contributed by atoms with E-state index < -0.39 is 29.4 Å². The molecule has 105 valence electrons. The topological polar surface area (TPSA) is 38.3 Å². The minimum atomic E-state index is -5.76. The number of anilines is 1. The molecule has 0 fully saturated rings. The zero-order valence-corrected chi connectivity index (χ0v) is 9.43. The quantitative estimate of drug-likeness (QED) is 0.858. The van der Waals surface area contributed by atoms with Gasteiger partial charge in [-0.1, -0.05) is 18.2 Å². The number of amides is 1. The molecule has 0 saturated carbocycles. The van der Waals surface area contributed by atoms with Crippen LogP contribution < -0.4 is 5.32 Å². The molecule has 0 spiro atoms. The molecule has 0 saturated heterocycles. The van der Waals surface area contributed by atoms with Gasteiger partial charge in [0.1, 0.15) is 0 Å². The minimum Gasteiger partial charge on any atom is -0.449 e. The predicted octanol–water partition coefficient (Wildman–Crippen LogP) is 3.72. The van der Waals surface area contributed by atoms with Crippen molar-refractivity contribution in [1.82, 2.24) is 0 Å². The third-order valence-electron chi connectivity index (χ3n) is 2.09. The molecular weight excluding hydrogens is 273 g/mol. The molecule has 8 heteroatoms. The Bertz CT molecular complexity index is 459. The highest BCUT2D eigenvalue weighted by atomic mass is 19.4. The molecule has 0 heterocycles. The number of halogens is 5. The standard InChI is InChI=1S/C11H9F5NO2/c1-2-19-9(18)17-8-6-4-3-5-7(8)10(12,13)11(14,15)16/h3-6H,1-2H2,(H,17,18). The molecule has 1 aromatic carbocycles. The van der Waals surface area contributed by atoms with Gasteiger partial charge in [0, 0.05) is 0 Å². The van der Waals surface area contributed by atoms with Gasteiger partial charge in [-0.3, -0.25) is 5.32 Å². The van der Waals surface area contributed by atoms with E-state index in [0.717, 1.165) is 12.1 Å². The summed E-state index contributed by atoms with van der Waals surface area (Å²) in [6.45, 7) is 2.88. The summed E-state index contributed by atoms with van der Waals surface area (Å²) in [5.41, 5.74) is -2.04. The van der Waals surface area contributed by atoms with Crippen molar-refractivity contribution in [3.05, 3.63) is 36.8 Å². The van der Waals surface area contributed by atoms with Gasteiger partial charge in [0.05, 0.1) is 17.9 Å². The molecule has 0 atom stereocenters. The second kappa shape index (κ2) is 5.41. The van der Waals surface area contributed by atoms with Crippen molar-refractivity contribution in [1.29, 1.82) is 0 Å². The largest absolute Gasteiger partial charge is 0.458 e. The third kappa shape index (κ3) is 3.33. The number of hydrogen-bond donors (Lipinski definition) is 1. The van der Waals surface area contributed by atoms with Gasteiger partial charge in [-0.05, 0) is 13.0 Å². The van der Waals surface area contributed by atoms with Crippen molar-refractivity contribution in [3.63, 3.8) is 0 Å². The second-order valence-corrected chi connectivity index (χ2v) is 3.38. The third-order valence-corrected chi connectivity index (χ3v) is 2.09. The molecule has 1 rings (SSSR count). The number of nitrogens with one attached hydrogen (secondary N) is 1. The summed E-state index contributed by atoms with van der Waals surface area (Å²) in [4.78, 5) is 11.0. The average Bonchev–Trinajstić information content (AvgIpc) is 2.28. The molecule has 0 aliphatic heterocycles. The smallest absolute Gasteiger partial charge is 0.449 e. The first-order valence-electron chi connectivity index (χ1n) is 4.97. The van der Waals surface area contributed by atoms with E-state index >= 15 is 0 Å². The van der Waals surface area contributed by atoms with Crippen LogP contribution in [-0.2, 0) is 10.7 Å². The molecule has 0 unspecified atom stereocenters. The Morgan fingerprint density at radius 2 is 1.79 bits per heavy atom. The molecule has 0 aliphatic rings. The maximum atomic E-state index is 13.2. The van der Waals surface area contributed by atoms with Crippen LogP contribution in [0, 0.1) is 6.92 Å². The number of carbonyl (C=O) groups is 1. The lowest BCUT2D eigenvalue weighted by atomic mass is 10.1. The van der Waals surface area contributed by atoms with Crippen LogP contribution in [0.5, 0.6) is 0 Å². The number of rotatable bonds is 3. The molecule has 1 N–H and O–H groups in total. The first kappa shape index (κ1) is 15.2. The van der Waals surface area contributed by atoms with Crippen LogP contribution in [-0.4, -0.2) is 18.9 Å². The van der Waals surface area contributed by atoms with Crippen molar-refractivity contribution in [2.45, 2.75) is 12.1 Å². The van der Waals surface area contributed by atoms with Gasteiger partial charge in [0.25, 0.3) is 0 Å². The van der Waals surface area contributed by atoms with Gasteiger partial charge in [0.2, 0.25) is 0 Å². The molecule has 3 nitrogen and oxygen atoms in total. The summed E-state index contributed by atoms with van der Waals surface area (Å²) in [6.07, 6.45) is -6.93. The highest BCUT2D eigenvalue weighted by molar-refractivity contribution is 5.85. The van der Waals surface area contributed by atoms with Crippen LogP contribution >= 0.6 is 0 Å². The van der Waals surface area contributed by atoms with E-state index in [1.165, 1.54) is 6.07 Å². The molecule has 1 amide bonds. The summed E-state index contributed by atoms with van der Waals surface area (Å²) in [7, 11) is 0. The summed E-state index contributed by atoms with van der Waals surface area (Å²) >= 11 is 0. The number of hydrogen-bond acceptors (Lipinski definition) is 2. The zero-order valence-electron chi connectivity index (χ0n) is 9.43. The van der Waals surface area contributed by atoms with Crippen LogP contribution in [0.4, 0.5) is 32.4 Å². The molecule has 0 aromatic heterocycles. The maximum Gasteiger partial charge on any atom is 0.458 e. The Kier molecular flexibility index (Phi) is 4.33. The number of ether oxygens (including phenoxy) is 1. The van der Waals surface area contributed by atoms with E-state index in [1.54, 1.807) is 0 Å². The van der Waals surface area contributed by atoms with Crippen molar-refractivity contribution < 1.29 is 31.5 Å². The predicted molar refractivity (Wildman–Crippen MR) is 56.7 cm³/mol. The van der Waals surface area contributed by atoms with Crippen LogP contribution in [0.3, 0.4) is 0 Å². The second-order valence-electron chi connectivity index (χ2n) is 3.38. The summed E-state index contributed by atoms with van der Waals surface area (Å²) < 4.78 is 67.6. The van der Waals surface area contributed by atoms with E-state index in [0.29, 0.717) is 6.07 Å². The van der Waals surface area contributed by atoms with Crippen LogP contribution in [0.15, 0.2) is 24.3 Å². The van der Waals surface area contributed by atoms with E-state index in [1.807, 2.05) is 5.32 Å². The Balaban J connectivity index is 3.13. The molecule has 1 aromatic rings. The summed E-state index contributed by atoms with van der Waals surface area (Å²) in [5.74, 6) is -5.08. The lowest BCUT2D eigenvalue weighted by Gasteiger charge is -2.22. The van der Waals surface area contributed by atoms with Crippen LogP contribution in [0.25, 0.3) is 0 Å². The Morgan fingerprint density at radius 3 is 2.32 bits per heavy atom. The Hall–Kier alpha value is -1.86. The van der Waals surface area contributed by atoms with Gasteiger partial charge >= 0.3 is 18.2 Å². The van der Waals surface area contributed by atoms with E-state index in [2.05, 4.69) is 11.7 Å². The van der Waals surface area contributed by atoms with E-state index in [4.69, 9.17) is 0 Å². The molecular formula is C11H9F5NO2. The highest BCUT2D eigenvalue weighted by Gasteiger charge is 2.59. The van der Waals surface area contributed by atoms with Gasteiger partial charge in [-0.15, -0.1) is 0 Å². The van der Waals surface area contributed by atoms with E-state index in [9.17, 15) is 26.7 Å². The molecule has 0 aliphatic carbocycles. The fraction of sp³-hybridized carbons (Fsp3) is 0.273. The summed E-state index contributed by atoms with van der Waals surface area (Å²) in [6, 6.07) is 3.70. The summed E-state index contributed by atoms with van der Waals surface area (Å²) in [5, 5.41) is 1.81. The number of para-hydroxylation sites is 1. The first-order valence-corrected chi connectivity index (χ1v) is 4.97. The minimum absolute atomic E-state index is 0.288. The SMILES string of the molecule is [CH2]COC(=O)Nc1ccccc1C(F)(F)C(F)(F)F. The first-order chi connectivity index (χ1) is 8.70. The maximum absolute atomic E-state index is 13.2. The number of alkyl halides is 5. The molecule has 0 bridgehead atoms. The van der Waals surface area contributed by atoms with Crippen molar-refractivity contribution in [2.75, 3.05) is 11.9 Å². The fourth-order valence-corrected chi connectivity index (χ4v) is 1.26. The van der Waals surface area contributed by atoms with Gasteiger partial charge in [0.15, 0.2) is 0 Å². The van der Waals surface area contributed by atoms with Gasteiger partial charge in [-0.2, -0.15) is 22.0 Å². The zero-order chi connectivity index (χ0) is 14.7. The fourth-order valence-electron chi connectivity index (χ4n) is 1.26. The number of benzene rings is 1. The molecule has 1 radical (unpaired) electrons. The monoisotopic (exact) mass is 282 g/mol. The highest BCUT2D eigenvalue weighted by Crippen LogP contribution is 2.46. The normalized spacial score (nSPS) is 12.1. The molecule has 19 heavy (non-hydrogen) atoms.